The monoisotopic (exact) mass is 322 g/mol. The largest absolute Gasteiger partial charge is 0.506 e. The van der Waals surface area contributed by atoms with Gasteiger partial charge in [0.1, 0.15) is 5.75 Å². The van der Waals surface area contributed by atoms with E-state index in [1.165, 1.54) is 0 Å². The first-order valence-electron chi connectivity index (χ1n) is 7.67. The lowest BCUT2D eigenvalue weighted by Gasteiger charge is -2.38. The minimum atomic E-state index is 0.354. The van der Waals surface area contributed by atoms with Crippen molar-refractivity contribution in [3.05, 3.63) is 24.3 Å². The molecule has 2 N–H and O–H groups in total. The second-order valence-corrected chi connectivity index (χ2v) is 6.71. The van der Waals surface area contributed by atoms with Gasteiger partial charge in [-0.3, -0.25) is 4.99 Å². The molecular weight excluding hydrogens is 296 g/mol. The van der Waals surface area contributed by atoms with Crippen LogP contribution >= 0.6 is 11.8 Å². The van der Waals surface area contributed by atoms with Gasteiger partial charge in [0, 0.05) is 45.0 Å². The summed E-state index contributed by atoms with van der Waals surface area (Å²) >= 11 is 1.85. The molecule has 6 heteroatoms. The lowest BCUT2D eigenvalue weighted by molar-refractivity contribution is 0.370. The number of aromatic hydroxyl groups is 1. The average molecular weight is 322 g/mol. The average Bonchev–Trinajstić information content (AvgIpc) is 2.56. The van der Waals surface area contributed by atoms with Crippen LogP contribution < -0.4 is 10.2 Å². The molecule has 22 heavy (non-hydrogen) atoms. The van der Waals surface area contributed by atoms with E-state index in [-0.39, 0.29) is 0 Å². The number of nitrogens with zero attached hydrogens (tertiary/aromatic N) is 3. The summed E-state index contributed by atoms with van der Waals surface area (Å²) in [5.41, 5.74) is 0.918. The molecule has 0 amide bonds. The molecule has 1 heterocycles. The summed E-state index contributed by atoms with van der Waals surface area (Å²) < 4.78 is 0. The number of nitrogens with one attached hydrogen (secondary N) is 1. The number of anilines is 1. The minimum Gasteiger partial charge on any atom is -0.506 e. The number of aliphatic imine (C=N–C) groups is 1. The van der Waals surface area contributed by atoms with E-state index in [9.17, 15) is 5.11 Å². The van der Waals surface area contributed by atoms with Crippen LogP contribution in [0.25, 0.3) is 0 Å². The molecule has 1 aliphatic rings. The van der Waals surface area contributed by atoms with E-state index in [1.54, 1.807) is 6.07 Å². The Morgan fingerprint density at radius 1 is 1.32 bits per heavy atom. The van der Waals surface area contributed by atoms with E-state index in [4.69, 9.17) is 0 Å². The van der Waals surface area contributed by atoms with E-state index in [0.29, 0.717) is 11.0 Å². The molecule has 1 aliphatic heterocycles. The zero-order valence-electron chi connectivity index (χ0n) is 13.6. The molecule has 0 aliphatic carbocycles. The van der Waals surface area contributed by atoms with Crippen LogP contribution in [0.1, 0.15) is 6.92 Å². The lowest BCUT2D eigenvalue weighted by Crippen LogP contribution is -2.53. The number of phenolic OH excluding ortho intramolecular Hbond substituents is 1. The quantitative estimate of drug-likeness (QED) is 0.654. The molecule has 0 spiro atoms. The van der Waals surface area contributed by atoms with Crippen molar-refractivity contribution in [2.24, 2.45) is 4.99 Å². The molecule has 0 saturated carbocycles. The Morgan fingerprint density at radius 3 is 2.59 bits per heavy atom. The number of phenols is 1. The number of piperazine rings is 1. The number of guanidine groups is 1. The number of para-hydroxylation sites is 2. The number of hydrogen-bond acceptors (Lipinski definition) is 4. The van der Waals surface area contributed by atoms with Gasteiger partial charge in [0.25, 0.3) is 0 Å². The Balaban J connectivity index is 1.89. The summed E-state index contributed by atoms with van der Waals surface area (Å²) in [6.45, 7) is 6.71. The SMILES string of the molecule is CN=C(NCC(C)SC)N1CCN(c2ccccc2O)CC1. The van der Waals surface area contributed by atoms with Gasteiger partial charge >= 0.3 is 0 Å². The van der Waals surface area contributed by atoms with E-state index < -0.39 is 0 Å². The molecule has 0 aromatic heterocycles. The standard InChI is InChI=1S/C16H26N4OS/c1-13(22-3)12-18-16(17-2)20-10-8-19(9-11-20)14-6-4-5-7-15(14)21/h4-7,13,21H,8-12H2,1-3H3,(H,17,18). The predicted molar refractivity (Wildman–Crippen MR) is 96.2 cm³/mol. The van der Waals surface area contributed by atoms with E-state index in [1.807, 2.05) is 37.0 Å². The van der Waals surface area contributed by atoms with Crippen molar-refractivity contribution in [2.45, 2.75) is 12.2 Å². The fraction of sp³-hybridized carbons (Fsp3) is 0.562. The number of rotatable bonds is 4. The van der Waals surface area contributed by atoms with Crippen molar-refractivity contribution in [1.82, 2.24) is 10.2 Å². The molecule has 5 nitrogen and oxygen atoms in total. The fourth-order valence-electron chi connectivity index (χ4n) is 2.54. The summed E-state index contributed by atoms with van der Waals surface area (Å²) in [5, 5.41) is 14.0. The molecule has 1 fully saturated rings. The summed E-state index contributed by atoms with van der Waals surface area (Å²) in [7, 11) is 1.83. The van der Waals surface area contributed by atoms with E-state index in [0.717, 1.165) is 44.4 Å². The predicted octanol–water partition coefficient (Wildman–Crippen LogP) is 1.84. The zero-order valence-corrected chi connectivity index (χ0v) is 14.4. The van der Waals surface area contributed by atoms with Crippen LogP contribution in [-0.4, -0.2) is 67.2 Å². The van der Waals surface area contributed by atoms with Gasteiger partial charge in [-0.15, -0.1) is 0 Å². The van der Waals surface area contributed by atoms with Crippen molar-refractivity contribution < 1.29 is 5.11 Å². The third kappa shape index (κ3) is 4.22. The summed E-state index contributed by atoms with van der Waals surface area (Å²) in [6.07, 6.45) is 2.13. The highest BCUT2D eigenvalue weighted by Crippen LogP contribution is 2.27. The van der Waals surface area contributed by atoms with Crippen LogP contribution in [0, 0.1) is 0 Å². The van der Waals surface area contributed by atoms with Gasteiger partial charge in [0.2, 0.25) is 0 Å². The topological polar surface area (TPSA) is 51.1 Å². The molecule has 1 atom stereocenters. The Kier molecular flexibility index (Phi) is 6.24. The fourth-order valence-corrected chi connectivity index (χ4v) is 2.79. The van der Waals surface area contributed by atoms with Gasteiger partial charge in [-0.1, -0.05) is 19.1 Å². The Hall–Kier alpha value is -1.56. The van der Waals surface area contributed by atoms with Gasteiger partial charge in [0.05, 0.1) is 5.69 Å². The smallest absolute Gasteiger partial charge is 0.193 e. The summed E-state index contributed by atoms with van der Waals surface area (Å²) in [4.78, 5) is 8.89. The van der Waals surface area contributed by atoms with Crippen LogP contribution in [0.15, 0.2) is 29.3 Å². The van der Waals surface area contributed by atoms with Crippen LogP contribution in [0.4, 0.5) is 5.69 Å². The van der Waals surface area contributed by atoms with Crippen molar-refractivity contribution in [3.63, 3.8) is 0 Å². The van der Waals surface area contributed by atoms with Crippen LogP contribution in [0.3, 0.4) is 0 Å². The maximum absolute atomic E-state index is 9.96. The second-order valence-electron chi connectivity index (χ2n) is 5.44. The highest BCUT2D eigenvalue weighted by atomic mass is 32.2. The Morgan fingerprint density at radius 2 is 2.00 bits per heavy atom. The first kappa shape index (κ1) is 16.8. The number of benzene rings is 1. The maximum Gasteiger partial charge on any atom is 0.193 e. The number of hydrogen-bond donors (Lipinski definition) is 2. The highest BCUT2D eigenvalue weighted by molar-refractivity contribution is 7.99. The van der Waals surface area contributed by atoms with Gasteiger partial charge in [-0.25, -0.2) is 0 Å². The Bertz CT molecular complexity index is 501. The van der Waals surface area contributed by atoms with Gasteiger partial charge in [-0.2, -0.15) is 11.8 Å². The van der Waals surface area contributed by atoms with Crippen molar-refractivity contribution in [1.29, 1.82) is 0 Å². The Labute approximate surface area is 137 Å². The van der Waals surface area contributed by atoms with Gasteiger partial charge in [0.15, 0.2) is 5.96 Å². The minimum absolute atomic E-state index is 0.354. The normalized spacial score (nSPS) is 17.5. The van der Waals surface area contributed by atoms with Gasteiger partial charge < -0.3 is 20.2 Å². The van der Waals surface area contributed by atoms with Gasteiger partial charge in [-0.05, 0) is 18.4 Å². The van der Waals surface area contributed by atoms with E-state index in [2.05, 4.69) is 33.3 Å². The third-order valence-corrected chi connectivity index (χ3v) is 4.93. The lowest BCUT2D eigenvalue weighted by atomic mass is 10.2. The van der Waals surface area contributed by atoms with Crippen LogP contribution in [0.5, 0.6) is 5.75 Å². The molecule has 1 unspecified atom stereocenters. The number of thioether (sulfide) groups is 1. The maximum atomic E-state index is 9.96. The summed E-state index contributed by atoms with van der Waals surface area (Å²) in [5.74, 6) is 1.32. The molecule has 122 valence electrons. The third-order valence-electron chi connectivity index (χ3n) is 3.96. The zero-order chi connectivity index (χ0) is 15.9. The molecular formula is C16H26N4OS. The molecule has 1 saturated heterocycles. The molecule has 0 bridgehead atoms. The first-order chi connectivity index (χ1) is 10.7. The van der Waals surface area contributed by atoms with Crippen molar-refractivity contribution in [3.8, 4) is 5.75 Å². The first-order valence-corrected chi connectivity index (χ1v) is 8.95. The van der Waals surface area contributed by atoms with Crippen LogP contribution in [0.2, 0.25) is 0 Å². The van der Waals surface area contributed by atoms with E-state index >= 15 is 0 Å². The molecule has 1 aromatic rings. The molecule has 1 aromatic carbocycles. The van der Waals surface area contributed by atoms with Crippen molar-refractivity contribution in [2.75, 3.05) is 50.9 Å². The second kappa shape index (κ2) is 8.17. The summed E-state index contributed by atoms with van der Waals surface area (Å²) in [6, 6.07) is 7.53. The van der Waals surface area contributed by atoms with Crippen LogP contribution in [-0.2, 0) is 0 Å². The highest BCUT2D eigenvalue weighted by Gasteiger charge is 2.21. The molecule has 2 rings (SSSR count). The van der Waals surface area contributed by atoms with Crippen molar-refractivity contribution >= 4 is 23.4 Å². The molecule has 0 radical (unpaired) electrons.